The van der Waals surface area contributed by atoms with Crippen LogP contribution < -0.4 is 9.62 Å². The summed E-state index contributed by atoms with van der Waals surface area (Å²) in [6, 6.07) is 13.0. The van der Waals surface area contributed by atoms with Gasteiger partial charge < -0.3 is 10.4 Å². The number of hydrogen-bond acceptors (Lipinski definition) is 6. The maximum atomic E-state index is 15.3. The minimum atomic E-state index is -4.02. The molecule has 0 saturated heterocycles. The molecule has 2 atom stereocenters. The van der Waals surface area contributed by atoms with Crippen LogP contribution in [-0.2, 0) is 26.3 Å². The Kier molecular flexibility index (Phi) is 7.64. The molecule has 4 rings (SSSR count). The molecule has 0 radical (unpaired) electrons. The van der Waals surface area contributed by atoms with Crippen LogP contribution >= 0.6 is 0 Å². The molecule has 0 fully saturated rings. The summed E-state index contributed by atoms with van der Waals surface area (Å²) in [4.78, 5) is 13.1. The van der Waals surface area contributed by atoms with Crippen LogP contribution in [0.25, 0.3) is 0 Å². The van der Waals surface area contributed by atoms with Gasteiger partial charge in [0.2, 0.25) is 0 Å². The summed E-state index contributed by atoms with van der Waals surface area (Å²) in [5.74, 6) is -1.62. The van der Waals surface area contributed by atoms with E-state index in [9.17, 15) is 26.7 Å². The summed E-state index contributed by atoms with van der Waals surface area (Å²) in [5.41, 5.74) is 1.86. The van der Waals surface area contributed by atoms with Crippen LogP contribution in [0.1, 0.15) is 46.9 Å². The van der Waals surface area contributed by atoms with E-state index in [1.807, 2.05) is 13.0 Å². The Hall–Kier alpha value is -3.28. The first kappa shape index (κ1) is 27.7. The highest BCUT2D eigenvalue weighted by atomic mass is 32.2. The Balaban J connectivity index is 1.57. The van der Waals surface area contributed by atoms with E-state index in [0.29, 0.717) is 17.5 Å². The summed E-state index contributed by atoms with van der Waals surface area (Å²) in [6.07, 6.45) is 0.411. The molecule has 8 nitrogen and oxygen atoms in total. The zero-order valence-electron chi connectivity index (χ0n) is 21.2. The fraction of sp³-hybridized carbons (Fsp3) is 0.296. The lowest BCUT2D eigenvalue weighted by Crippen LogP contribution is -2.44. The molecule has 3 aromatic carbocycles. The van der Waals surface area contributed by atoms with Crippen molar-refractivity contribution in [2.24, 2.45) is 0 Å². The zero-order valence-corrected chi connectivity index (χ0v) is 22.8. The summed E-state index contributed by atoms with van der Waals surface area (Å²) < 4.78 is 67.1. The first-order valence-corrected chi connectivity index (χ1v) is 15.2. The molecule has 3 aromatic rings. The van der Waals surface area contributed by atoms with Gasteiger partial charge in [-0.05, 0) is 67.8 Å². The molecule has 0 saturated carbocycles. The fourth-order valence-corrected chi connectivity index (χ4v) is 7.37. The zero-order chi connectivity index (χ0) is 27.8. The molecule has 0 aliphatic carbocycles. The molecule has 1 aliphatic rings. The van der Waals surface area contributed by atoms with Crippen molar-refractivity contribution in [3.8, 4) is 0 Å². The lowest BCUT2D eigenvalue weighted by molar-refractivity contribution is 0.0915. The van der Waals surface area contributed by atoms with Gasteiger partial charge in [0.25, 0.3) is 15.9 Å². The average molecular weight is 561 g/mol. The molecule has 38 heavy (non-hydrogen) atoms. The monoisotopic (exact) mass is 560 g/mol. The number of carbonyl (C=O) groups excluding carboxylic acids is 1. The lowest BCUT2D eigenvalue weighted by Gasteiger charge is -2.36. The number of aliphatic hydroxyl groups is 1. The smallest absolute Gasteiger partial charge is 0.264 e. The number of aliphatic hydroxyl groups excluding tert-OH is 1. The van der Waals surface area contributed by atoms with Crippen LogP contribution in [0.5, 0.6) is 0 Å². The second-order valence-corrected chi connectivity index (χ2v) is 13.4. The Labute approximate surface area is 222 Å². The number of halogens is 1. The molecule has 0 aromatic heterocycles. The molecule has 1 amide bonds. The predicted molar refractivity (Wildman–Crippen MR) is 142 cm³/mol. The van der Waals surface area contributed by atoms with Gasteiger partial charge in [-0.3, -0.25) is 9.10 Å². The number of anilines is 1. The number of sulfone groups is 1. The largest absolute Gasteiger partial charge is 0.394 e. The number of sulfonamides is 1. The summed E-state index contributed by atoms with van der Waals surface area (Å²) >= 11 is 0. The van der Waals surface area contributed by atoms with Crippen LogP contribution in [-0.4, -0.2) is 46.3 Å². The van der Waals surface area contributed by atoms with Gasteiger partial charge in [-0.2, -0.15) is 0 Å². The molecule has 1 unspecified atom stereocenters. The number of hydrogen-bond donors (Lipinski definition) is 2. The molecule has 2 N–H and O–H groups in total. The van der Waals surface area contributed by atoms with Gasteiger partial charge in [-0.1, -0.05) is 36.8 Å². The minimum absolute atomic E-state index is 0.0578. The fourth-order valence-electron chi connectivity index (χ4n) is 4.61. The Morgan fingerprint density at radius 2 is 1.82 bits per heavy atom. The van der Waals surface area contributed by atoms with E-state index < -0.39 is 50.3 Å². The molecular weight excluding hydrogens is 531 g/mol. The SMILES string of the molecule is CCS(=O)(=O)c1ccc([C@H](CO)NC(=O)c2ccc(N3C(C)Cc4cc(C)ccc4S3(=O)=O)c(F)c2)cc1. The third-order valence-corrected chi connectivity index (χ3v) is 10.4. The lowest BCUT2D eigenvalue weighted by atomic mass is 10.0. The number of nitrogens with one attached hydrogen (secondary N) is 1. The quantitative estimate of drug-likeness (QED) is 0.456. The molecule has 0 bridgehead atoms. The van der Waals surface area contributed by atoms with E-state index >= 15 is 4.39 Å². The maximum Gasteiger partial charge on any atom is 0.264 e. The molecule has 11 heteroatoms. The number of nitrogens with zero attached hydrogens (tertiary/aromatic N) is 1. The highest BCUT2D eigenvalue weighted by Crippen LogP contribution is 2.36. The van der Waals surface area contributed by atoms with Gasteiger partial charge in [0.05, 0.1) is 33.9 Å². The third-order valence-electron chi connectivity index (χ3n) is 6.63. The number of rotatable bonds is 7. The molecule has 0 spiro atoms. The van der Waals surface area contributed by atoms with E-state index in [4.69, 9.17) is 0 Å². The van der Waals surface area contributed by atoms with Gasteiger partial charge >= 0.3 is 0 Å². The molecule has 1 heterocycles. The van der Waals surface area contributed by atoms with E-state index in [1.165, 1.54) is 49.4 Å². The van der Waals surface area contributed by atoms with Gasteiger partial charge in [-0.15, -0.1) is 0 Å². The average Bonchev–Trinajstić information content (AvgIpc) is 2.87. The van der Waals surface area contributed by atoms with Crippen LogP contribution in [0.3, 0.4) is 0 Å². The Morgan fingerprint density at radius 1 is 1.13 bits per heavy atom. The first-order valence-electron chi connectivity index (χ1n) is 12.1. The third kappa shape index (κ3) is 5.18. The van der Waals surface area contributed by atoms with Crippen molar-refractivity contribution in [1.29, 1.82) is 0 Å². The van der Waals surface area contributed by atoms with Crippen molar-refractivity contribution in [3.63, 3.8) is 0 Å². The topological polar surface area (TPSA) is 121 Å². The number of benzene rings is 3. The second kappa shape index (κ2) is 10.5. The van der Waals surface area contributed by atoms with Gasteiger partial charge in [0, 0.05) is 11.6 Å². The second-order valence-electron chi connectivity index (χ2n) is 9.31. The minimum Gasteiger partial charge on any atom is -0.394 e. The van der Waals surface area contributed by atoms with Crippen molar-refractivity contribution in [3.05, 3.63) is 88.7 Å². The van der Waals surface area contributed by atoms with Crippen molar-refractivity contribution >= 4 is 31.5 Å². The number of amides is 1. The first-order chi connectivity index (χ1) is 17.9. The Morgan fingerprint density at radius 3 is 2.42 bits per heavy atom. The van der Waals surface area contributed by atoms with E-state index in [-0.39, 0.29) is 26.8 Å². The van der Waals surface area contributed by atoms with E-state index in [0.717, 1.165) is 15.9 Å². The Bertz CT molecular complexity index is 1590. The highest BCUT2D eigenvalue weighted by Gasteiger charge is 2.37. The molecule has 1 aliphatic heterocycles. The highest BCUT2D eigenvalue weighted by molar-refractivity contribution is 7.93. The summed E-state index contributed by atoms with van der Waals surface area (Å²) in [7, 11) is -7.42. The van der Waals surface area contributed by atoms with Crippen LogP contribution in [0.2, 0.25) is 0 Å². The van der Waals surface area contributed by atoms with Crippen molar-refractivity contribution in [2.75, 3.05) is 16.7 Å². The number of aryl methyl sites for hydroxylation is 1. The van der Waals surface area contributed by atoms with Crippen LogP contribution in [0.4, 0.5) is 10.1 Å². The van der Waals surface area contributed by atoms with E-state index in [1.54, 1.807) is 13.0 Å². The summed E-state index contributed by atoms with van der Waals surface area (Å²) in [5, 5.41) is 12.4. The summed E-state index contributed by atoms with van der Waals surface area (Å²) in [6.45, 7) is 4.63. The van der Waals surface area contributed by atoms with Crippen molar-refractivity contribution in [1.82, 2.24) is 5.32 Å². The molecular formula is C27H29FN2O6S2. The predicted octanol–water partition coefficient (Wildman–Crippen LogP) is 3.53. The molecule has 202 valence electrons. The number of carbonyl (C=O) groups is 1. The van der Waals surface area contributed by atoms with Crippen molar-refractivity contribution in [2.45, 2.75) is 49.1 Å². The normalized spacial score (nSPS) is 17.5. The van der Waals surface area contributed by atoms with Gasteiger partial charge in [0.15, 0.2) is 9.84 Å². The van der Waals surface area contributed by atoms with E-state index in [2.05, 4.69) is 5.32 Å². The van der Waals surface area contributed by atoms with Gasteiger partial charge in [0.1, 0.15) is 5.82 Å². The number of fused-ring (bicyclic) bond motifs is 1. The maximum absolute atomic E-state index is 15.3. The standard InChI is InChI=1S/C27H29FN2O6S2/c1-4-37(33,34)22-9-6-19(7-10-22)24(16-31)29-27(32)20-8-11-25(23(28)15-20)30-18(3)14-21-13-17(2)5-12-26(21)38(30,35)36/h5-13,15,18,24,31H,4,14,16H2,1-3H3,(H,29,32)/t18?,24-/m0/s1. The van der Waals surface area contributed by atoms with Crippen LogP contribution in [0.15, 0.2) is 70.5 Å². The van der Waals surface area contributed by atoms with Crippen LogP contribution in [0, 0.1) is 12.7 Å². The van der Waals surface area contributed by atoms with Crippen molar-refractivity contribution < 1.29 is 31.1 Å². The van der Waals surface area contributed by atoms with Gasteiger partial charge in [-0.25, -0.2) is 21.2 Å².